The molecule has 14 heteroatoms. The number of halogens is 2. The minimum absolute atomic E-state index is 0.108. The van der Waals surface area contributed by atoms with Gasteiger partial charge in [0.15, 0.2) is 17.6 Å². The third kappa shape index (κ3) is 3.89. The van der Waals surface area contributed by atoms with E-state index in [9.17, 15) is 33.5 Å². The number of nitrogens with zero attached hydrogens (tertiary/aromatic N) is 1. The topological polar surface area (TPSA) is 152 Å². The number of hydrogen-bond acceptors (Lipinski definition) is 9. The zero-order valence-corrected chi connectivity index (χ0v) is 16.5. The Morgan fingerprint density at radius 3 is 2.74 bits per heavy atom. The highest BCUT2D eigenvalue weighted by Gasteiger charge is 2.64. The van der Waals surface area contributed by atoms with Crippen molar-refractivity contribution in [3.63, 3.8) is 0 Å². The fourth-order valence-corrected chi connectivity index (χ4v) is 4.55. The maximum atomic E-state index is 14.0. The number of benzene rings is 1. The fourth-order valence-electron chi connectivity index (χ4n) is 3.28. The Bertz CT molecular complexity index is 1080. The van der Waals surface area contributed by atoms with E-state index in [1.807, 2.05) is 4.98 Å². The number of fused-ring (bicyclic) bond motifs is 1. The molecule has 1 aromatic carbocycles. The summed E-state index contributed by atoms with van der Waals surface area (Å²) < 4.78 is 49.5. The molecular formula is C17H18F2N2O9P+. The van der Waals surface area contributed by atoms with Gasteiger partial charge in [0.05, 0.1) is 0 Å². The molecule has 168 valence electrons. The maximum Gasteiger partial charge on any atom is 0.619 e. The fraction of sp³-hybridized carbons (Fsp3) is 0.412. The molecule has 4 N–H and O–H groups in total. The van der Waals surface area contributed by atoms with Gasteiger partial charge in [-0.3, -0.25) is 18.9 Å². The molecule has 11 nitrogen and oxygen atoms in total. The summed E-state index contributed by atoms with van der Waals surface area (Å²) in [5.74, 6) is 0.237. The summed E-state index contributed by atoms with van der Waals surface area (Å²) in [6.45, 7) is -1.24. The van der Waals surface area contributed by atoms with Gasteiger partial charge >= 0.3 is 13.9 Å². The smallest absolute Gasteiger partial charge is 0.387 e. The van der Waals surface area contributed by atoms with Crippen molar-refractivity contribution < 1.29 is 42.2 Å². The van der Waals surface area contributed by atoms with Crippen LogP contribution in [0, 0.1) is 0 Å². The number of alkyl halides is 2. The molecule has 0 aliphatic carbocycles. The first-order chi connectivity index (χ1) is 14.7. The lowest BCUT2D eigenvalue weighted by Crippen LogP contribution is -2.52. The number of H-pyrrole nitrogens is 1. The first kappa shape index (κ1) is 22.0. The number of ether oxygens (including phenoxy) is 1. The van der Waals surface area contributed by atoms with Crippen LogP contribution in [0.2, 0.25) is 0 Å². The Labute approximate surface area is 173 Å². The van der Waals surface area contributed by atoms with Gasteiger partial charge < -0.3 is 14.9 Å². The first-order valence-corrected chi connectivity index (χ1v) is 10.5. The summed E-state index contributed by atoms with van der Waals surface area (Å²) in [7, 11) is -4.11. The van der Waals surface area contributed by atoms with Crippen LogP contribution in [-0.4, -0.2) is 55.5 Å². The Morgan fingerprint density at radius 2 is 2.03 bits per heavy atom. The van der Waals surface area contributed by atoms with Crippen LogP contribution in [0.3, 0.4) is 0 Å². The highest BCUT2D eigenvalue weighted by molar-refractivity contribution is 7.55. The van der Waals surface area contributed by atoms with E-state index < -0.39 is 56.5 Å². The van der Waals surface area contributed by atoms with Crippen LogP contribution < -0.4 is 15.8 Å². The molecule has 1 fully saturated rings. The lowest BCUT2D eigenvalue weighted by atomic mass is 9.96. The number of aromatic amines is 1. The second-order valence-corrected chi connectivity index (χ2v) is 8.57. The van der Waals surface area contributed by atoms with Crippen molar-refractivity contribution in [1.82, 2.24) is 9.55 Å². The van der Waals surface area contributed by atoms with Crippen LogP contribution in [0.5, 0.6) is 5.75 Å². The second kappa shape index (κ2) is 8.02. The molecule has 1 saturated heterocycles. The van der Waals surface area contributed by atoms with Crippen molar-refractivity contribution in [3.05, 3.63) is 62.9 Å². The second-order valence-electron chi connectivity index (χ2n) is 6.93. The van der Waals surface area contributed by atoms with Crippen LogP contribution >= 0.6 is 8.17 Å². The molecule has 0 bridgehead atoms. The van der Waals surface area contributed by atoms with Crippen molar-refractivity contribution in [2.45, 2.75) is 37.1 Å². The summed E-state index contributed by atoms with van der Waals surface area (Å²) in [4.78, 5) is 35.6. The van der Waals surface area contributed by atoms with Gasteiger partial charge in [-0.25, -0.2) is 13.6 Å². The average molecular weight is 463 g/mol. The number of rotatable bonds is 5. The third-order valence-corrected chi connectivity index (χ3v) is 6.31. The van der Waals surface area contributed by atoms with Gasteiger partial charge in [-0.05, 0) is 6.07 Å². The Hall–Kier alpha value is -2.25. The van der Waals surface area contributed by atoms with Gasteiger partial charge in [0.25, 0.3) is 12.0 Å². The van der Waals surface area contributed by atoms with E-state index in [0.29, 0.717) is 10.1 Å². The van der Waals surface area contributed by atoms with Gasteiger partial charge in [-0.1, -0.05) is 18.2 Å². The molecule has 31 heavy (non-hydrogen) atoms. The van der Waals surface area contributed by atoms with Gasteiger partial charge in [-0.2, -0.15) is 4.89 Å². The molecule has 0 saturated carbocycles. The highest BCUT2D eigenvalue weighted by Crippen LogP contribution is 2.62. The standard InChI is InChI=1S/C17H17F2N2O9P/c18-15(19)17(8-28-31(26)27-7-9-3-1-2-4-10(9)30-31)13(24)12(23)14(29-17)21-6-5-11(22)20-16(21)25/h1-6,12-15,23-24,26H,7-8H2/p+1/t12-,13+,14-,17-,31?/m1/s1. The molecule has 1 unspecified atom stereocenters. The van der Waals surface area contributed by atoms with Gasteiger partial charge in [-0.15, -0.1) is 9.05 Å². The predicted molar refractivity (Wildman–Crippen MR) is 99.1 cm³/mol. The zero-order chi connectivity index (χ0) is 22.4. The van der Waals surface area contributed by atoms with Gasteiger partial charge in [0.1, 0.15) is 25.4 Å². The van der Waals surface area contributed by atoms with Crippen molar-refractivity contribution in [1.29, 1.82) is 0 Å². The number of hydrogen-bond donors (Lipinski definition) is 4. The van der Waals surface area contributed by atoms with E-state index in [2.05, 4.69) is 0 Å². The summed E-state index contributed by atoms with van der Waals surface area (Å²) in [6.07, 6.45) is -8.46. The highest BCUT2D eigenvalue weighted by atomic mass is 31.2. The number of aliphatic hydroxyl groups is 2. The van der Waals surface area contributed by atoms with Crippen LogP contribution in [-0.2, 0) is 20.4 Å². The van der Waals surface area contributed by atoms with E-state index in [-0.39, 0.29) is 12.4 Å². The number of aliphatic hydroxyl groups excluding tert-OH is 2. The largest absolute Gasteiger partial charge is 0.619 e. The summed E-state index contributed by atoms with van der Waals surface area (Å²) in [5, 5.41) is 20.6. The molecule has 1 aromatic heterocycles. The third-order valence-electron chi connectivity index (χ3n) is 4.97. The summed E-state index contributed by atoms with van der Waals surface area (Å²) >= 11 is 0. The van der Waals surface area contributed by atoms with E-state index in [4.69, 9.17) is 18.3 Å². The normalized spacial score (nSPS) is 32.6. The van der Waals surface area contributed by atoms with Crippen molar-refractivity contribution in [2.75, 3.05) is 6.61 Å². The maximum absolute atomic E-state index is 14.0. The molecule has 5 atom stereocenters. The van der Waals surface area contributed by atoms with Crippen LogP contribution in [0.4, 0.5) is 8.78 Å². The van der Waals surface area contributed by atoms with Crippen LogP contribution in [0.25, 0.3) is 0 Å². The minimum Gasteiger partial charge on any atom is -0.387 e. The number of para-hydroxylation sites is 1. The Morgan fingerprint density at radius 1 is 1.29 bits per heavy atom. The first-order valence-electron chi connectivity index (χ1n) is 8.97. The Balaban J connectivity index is 1.58. The molecule has 3 heterocycles. The SMILES string of the molecule is O=c1ccn([C@@H]2O[C@@](CO[P+]3(O)OCc4ccccc4O3)(C(F)F)[C@@H](O)[C@H]2O)c(=O)[nH]1. The van der Waals surface area contributed by atoms with Crippen molar-refractivity contribution >= 4 is 8.17 Å². The van der Waals surface area contributed by atoms with Gasteiger partial charge in [0.2, 0.25) is 0 Å². The van der Waals surface area contributed by atoms with Crippen LogP contribution in [0.15, 0.2) is 46.1 Å². The number of aromatic nitrogens is 2. The molecule has 0 spiro atoms. The monoisotopic (exact) mass is 463 g/mol. The molecule has 2 aromatic rings. The molecule has 2 aliphatic heterocycles. The van der Waals surface area contributed by atoms with E-state index in [1.54, 1.807) is 18.2 Å². The quantitative estimate of drug-likeness (QED) is 0.452. The van der Waals surface area contributed by atoms with Crippen LogP contribution in [0.1, 0.15) is 11.8 Å². The van der Waals surface area contributed by atoms with E-state index >= 15 is 0 Å². The predicted octanol–water partition coefficient (Wildman–Crippen LogP) is 0.0868. The Kier molecular flexibility index (Phi) is 5.68. The van der Waals surface area contributed by atoms with Crippen molar-refractivity contribution in [2.24, 2.45) is 0 Å². The van der Waals surface area contributed by atoms with Crippen molar-refractivity contribution in [3.8, 4) is 5.75 Å². The molecule has 4 rings (SSSR count). The summed E-state index contributed by atoms with van der Waals surface area (Å²) in [6, 6.07) is 7.45. The molecular weight excluding hydrogens is 445 g/mol. The molecule has 0 amide bonds. The summed E-state index contributed by atoms with van der Waals surface area (Å²) in [5.41, 5.74) is -4.03. The lowest BCUT2D eigenvalue weighted by molar-refractivity contribution is -0.195. The number of nitrogens with one attached hydrogen (secondary N) is 1. The minimum atomic E-state index is -4.11. The lowest BCUT2D eigenvalue weighted by Gasteiger charge is -2.31. The van der Waals surface area contributed by atoms with E-state index in [0.717, 1.165) is 12.3 Å². The van der Waals surface area contributed by atoms with E-state index in [1.165, 1.54) is 6.07 Å². The molecule has 2 aliphatic rings. The average Bonchev–Trinajstić information content (AvgIpc) is 2.98. The molecule has 0 radical (unpaired) electrons. The van der Waals surface area contributed by atoms with Gasteiger partial charge in [0, 0.05) is 17.8 Å². The zero-order valence-electron chi connectivity index (χ0n) is 15.6.